The van der Waals surface area contributed by atoms with Gasteiger partial charge in [0.05, 0.1) is 6.26 Å². The highest BCUT2D eigenvalue weighted by atomic mass is 32.2. The van der Waals surface area contributed by atoms with Crippen molar-refractivity contribution in [2.24, 2.45) is 0 Å². The molecule has 0 aromatic carbocycles. The van der Waals surface area contributed by atoms with Crippen LogP contribution in [0.1, 0.15) is 19.8 Å². The molecule has 1 aromatic heterocycles. The van der Waals surface area contributed by atoms with E-state index in [4.69, 9.17) is 0 Å². The second-order valence-electron chi connectivity index (χ2n) is 6.75. The molecule has 1 atom stereocenters. The van der Waals surface area contributed by atoms with Crippen LogP contribution < -0.4 is 0 Å². The van der Waals surface area contributed by atoms with Gasteiger partial charge in [0.2, 0.25) is 10.0 Å². The predicted octanol–water partition coefficient (Wildman–Crippen LogP) is 0.869. The third-order valence-corrected chi connectivity index (χ3v) is 9.94. The summed E-state index contributed by atoms with van der Waals surface area (Å²) in [6.45, 7) is 5.29. The summed E-state index contributed by atoms with van der Waals surface area (Å²) in [7, 11) is -6.59. The van der Waals surface area contributed by atoms with Crippen molar-refractivity contribution < 1.29 is 16.8 Å². The Balaban J connectivity index is 1.69. The first-order chi connectivity index (χ1) is 11.7. The normalized spacial score (nSPS) is 27.8. The number of nitrogens with zero attached hydrogens (tertiary/aromatic N) is 3. The lowest BCUT2D eigenvalue weighted by atomic mass is 9.92. The minimum absolute atomic E-state index is 0.179. The molecule has 2 aliphatic heterocycles. The van der Waals surface area contributed by atoms with Crippen molar-refractivity contribution in [2.75, 3.05) is 45.5 Å². The van der Waals surface area contributed by atoms with Crippen LogP contribution in [-0.4, -0.2) is 81.4 Å². The van der Waals surface area contributed by atoms with Gasteiger partial charge in [-0.1, -0.05) is 13.0 Å². The fraction of sp³-hybridized carbons (Fsp3) is 0.733. The van der Waals surface area contributed by atoms with E-state index in [-0.39, 0.29) is 5.54 Å². The first kappa shape index (κ1) is 19.2. The van der Waals surface area contributed by atoms with Crippen molar-refractivity contribution in [2.45, 2.75) is 29.5 Å². The van der Waals surface area contributed by atoms with E-state index in [0.717, 1.165) is 12.8 Å². The minimum Gasteiger partial charge on any atom is -0.294 e. The average Bonchev–Trinajstić information content (AvgIpc) is 3.25. The number of sulfonamides is 2. The molecule has 3 rings (SSSR count). The Kier molecular flexibility index (Phi) is 5.31. The molecule has 2 saturated heterocycles. The molecular weight excluding hydrogens is 382 g/mol. The van der Waals surface area contributed by atoms with E-state index in [1.54, 1.807) is 26.1 Å². The first-order valence-corrected chi connectivity index (χ1v) is 12.6. The molecule has 3 heterocycles. The van der Waals surface area contributed by atoms with Gasteiger partial charge in [-0.3, -0.25) is 4.90 Å². The smallest absolute Gasteiger partial charge is 0.252 e. The Bertz CT molecular complexity index is 799. The third-order valence-electron chi connectivity index (χ3n) is 5.42. The molecule has 2 aliphatic rings. The topological polar surface area (TPSA) is 78.0 Å². The van der Waals surface area contributed by atoms with Gasteiger partial charge in [0, 0.05) is 44.8 Å². The van der Waals surface area contributed by atoms with Crippen LogP contribution >= 0.6 is 11.3 Å². The molecule has 0 N–H and O–H groups in total. The summed E-state index contributed by atoms with van der Waals surface area (Å²) >= 11 is 1.24. The standard InChI is InChI=1S/C15H25N3O4S3/c1-3-15(6-7-18(13-15)24(2,19)20)16-8-10-17(11-9-16)25(21,22)14-5-4-12-23-14/h4-5,12H,3,6-11,13H2,1-2H3/t15-/m0/s1. The molecule has 0 aliphatic carbocycles. The number of piperazine rings is 1. The highest BCUT2D eigenvalue weighted by Crippen LogP contribution is 2.34. The van der Waals surface area contributed by atoms with Gasteiger partial charge in [-0.15, -0.1) is 11.3 Å². The van der Waals surface area contributed by atoms with E-state index in [1.807, 2.05) is 0 Å². The third kappa shape index (κ3) is 3.65. The summed E-state index contributed by atoms with van der Waals surface area (Å²) in [5.74, 6) is 0. The zero-order chi connectivity index (χ0) is 18.3. The molecule has 0 spiro atoms. The predicted molar refractivity (Wildman–Crippen MR) is 98.7 cm³/mol. The van der Waals surface area contributed by atoms with Gasteiger partial charge in [0.25, 0.3) is 10.0 Å². The van der Waals surface area contributed by atoms with E-state index in [2.05, 4.69) is 11.8 Å². The maximum atomic E-state index is 12.6. The van der Waals surface area contributed by atoms with Crippen LogP contribution in [0, 0.1) is 0 Å². The Hall–Kier alpha value is -0.520. The van der Waals surface area contributed by atoms with E-state index >= 15 is 0 Å². The summed E-state index contributed by atoms with van der Waals surface area (Å²) in [4.78, 5) is 2.29. The quantitative estimate of drug-likeness (QED) is 0.724. The summed E-state index contributed by atoms with van der Waals surface area (Å²) in [6, 6.07) is 3.39. The number of hydrogen-bond acceptors (Lipinski definition) is 6. The van der Waals surface area contributed by atoms with Gasteiger partial charge in [-0.05, 0) is 24.3 Å². The van der Waals surface area contributed by atoms with Gasteiger partial charge >= 0.3 is 0 Å². The van der Waals surface area contributed by atoms with Crippen molar-refractivity contribution in [3.63, 3.8) is 0 Å². The maximum absolute atomic E-state index is 12.6. The summed E-state index contributed by atoms with van der Waals surface area (Å²) in [5, 5.41) is 1.77. The molecule has 25 heavy (non-hydrogen) atoms. The molecule has 1 aromatic rings. The van der Waals surface area contributed by atoms with Crippen molar-refractivity contribution in [3.05, 3.63) is 17.5 Å². The molecule has 7 nitrogen and oxygen atoms in total. The van der Waals surface area contributed by atoms with E-state index < -0.39 is 20.0 Å². The van der Waals surface area contributed by atoms with Gasteiger partial charge in [0.15, 0.2) is 0 Å². The van der Waals surface area contributed by atoms with Crippen LogP contribution in [0.4, 0.5) is 0 Å². The van der Waals surface area contributed by atoms with E-state index in [9.17, 15) is 16.8 Å². The van der Waals surface area contributed by atoms with Crippen molar-refractivity contribution >= 4 is 31.4 Å². The van der Waals surface area contributed by atoms with Crippen LogP contribution in [0.15, 0.2) is 21.7 Å². The number of hydrogen-bond donors (Lipinski definition) is 0. The fourth-order valence-corrected chi connectivity index (χ4v) is 7.28. The number of rotatable bonds is 5. The Labute approximate surface area is 154 Å². The monoisotopic (exact) mass is 407 g/mol. The van der Waals surface area contributed by atoms with Gasteiger partial charge < -0.3 is 0 Å². The largest absolute Gasteiger partial charge is 0.294 e. The lowest BCUT2D eigenvalue weighted by molar-refractivity contribution is 0.0600. The molecule has 0 radical (unpaired) electrons. The van der Waals surface area contributed by atoms with Crippen LogP contribution in [0.25, 0.3) is 0 Å². The summed E-state index contributed by atoms with van der Waals surface area (Å²) < 4.78 is 52.5. The zero-order valence-electron chi connectivity index (χ0n) is 14.6. The van der Waals surface area contributed by atoms with Crippen LogP contribution in [0.2, 0.25) is 0 Å². The van der Waals surface area contributed by atoms with Crippen LogP contribution in [0.3, 0.4) is 0 Å². The molecule has 2 fully saturated rings. The Morgan fingerprint density at radius 3 is 2.24 bits per heavy atom. The molecular formula is C15H25N3O4S3. The Morgan fingerprint density at radius 2 is 1.76 bits per heavy atom. The van der Waals surface area contributed by atoms with Crippen molar-refractivity contribution in [3.8, 4) is 0 Å². The van der Waals surface area contributed by atoms with Crippen molar-refractivity contribution in [1.82, 2.24) is 13.5 Å². The van der Waals surface area contributed by atoms with Crippen LogP contribution in [-0.2, 0) is 20.0 Å². The lowest BCUT2D eigenvalue weighted by Crippen LogP contribution is -2.58. The lowest BCUT2D eigenvalue weighted by Gasteiger charge is -2.45. The molecule has 0 unspecified atom stereocenters. The van der Waals surface area contributed by atoms with E-state index in [1.165, 1.54) is 17.6 Å². The second kappa shape index (κ2) is 6.90. The van der Waals surface area contributed by atoms with Gasteiger partial charge in [-0.25, -0.2) is 21.1 Å². The van der Waals surface area contributed by atoms with Crippen LogP contribution in [0.5, 0.6) is 0 Å². The molecule has 10 heteroatoms. The molecule has 0 amide bonds. The Morgan fingerprint density at radius 1 is 1.08 bits per heavy atom. The summed E-state index contributed by atoms with van der Waals surface area (Å²) in [6.07, 6.45) is 2.91. The first-order valence-electron chi connectivity index (χ1n) is 8.43. The average molecular weight is 408 g/mol. The van der Waals surface area contributed by atoms with Crippen molar-refractivity contribution in [1.29, 1.82) is 0 Å². The highest BCUT2D eigenvalue weighted by Gasteiger charge is 2.45. The fourth-order valence-electron chi connectivity index (χ4n) is 3.81. The highest BCUT2D eigenvalue weighted by molar-refractivity contribution is 7.91. The SMILES string of the molecule is CC[C@]1(N2CCN(S(=O)(=O)c3cccs3)CC2)CCN(S(C)(=O)=O)C1. The second-order valence-corrected chi connectivity index (χ2v) is 11.8. The molecule has 142 valence electrons. The molecule has 0 bridgehead atoms. The van der Waals surface area contributed by atoms with Gasteiger partial charge in [0.1, 0.15) is 4.21 Å². The minimum atomic E-state index is -3.41. The number of thiophene rings is 1. The summed E-state index contributed by atoms with van der Waals surface area (Å²) in [5.41, 5.74) is -0.179. The molecule has 0 saturated carbocycles. The zero-order valence-corrected chi connectivity index (χ0v) is 17.0. The van der Waals surface area contributed by atoms with E-state index in [0.29, 0.717) is 43.5 Å². The van der Waals surface area contributed by atoms with Gasteiger partial charge in [-0.2, -0.15) is 4.31 Å². The maximum Gasteiger partial charge on any atom is 0.252 e.